The van der Waals surface area contributed by atoms with Gasteiger partial charge in [-0.2, -0.15) is 0 Å². The SMILES string of the molecule is COc1ccc(C)cc1N1C[C@H](C(=O)N2CCC[C@H](C)C2)CC1=O. The van der Waals surface area contributed by atoms with Crippen molar-refractivity contribution in [1.82, 2.24) is 4.90 Å². The number of rotatable bonds is 3. The van der Waals surface area contributed by atoms with E-state index in [1.165, 1.54) is 6.42 Å². The maximum atomic E-state index is 12.8. The molecule has 2 atom stereocenters. The fraction of sp³-hybridized carbons (Fsp3) is 0.579. The van der Waals surface area contributed by atoms with Crippen LogP contribution in [0.15, 0.2) is 18.2 Å². The second-order valence-corrected chi connectivity index (χ2v) is 7.11. The Bertz CT molecular complexity index is 643. The molecule has 0 saturated carbocycles. The second-order valence-electron chi connectivity index (χ2n) is 7.11. The van der Waals surface area contributed by atoms with Crippen molar-refractivity contribution in [2.45, 2.75) is 33.1 Å². The number of piperidine rings is 1. The minimum Gasteiger partial charge on any atom is -0.495 e. The first-order chi connectivity index (χ1) is 11.5. The summed E-state index contributed by atoms with van der Waals surface area (Å²) in [5, 5.41) is 0. The maximum absolute atomic E-state index is 12.8. The number of likely N-dealkylation sites (tertiary alicyclic amines) is 1. The number of methoxy groups -OCH3 is 1. The highest BCUT2D eigenvalue weighted by molar-refractivity contribution is 6.01. The number of hydrogen-bond donors (Lipinski definition) is 0. The van der Waals surface area contributed by atoms with Crippen LogP contribution in [0.1, 0.15) is 31.7 Å². The van der Waals surface area contributed by atoms with Crippen molar-refractivity contribution in [2.24, 2.45) is 11.8 Å². The van der Waals surface area contributed by atoms with Gasteiger partial charge in [0.25, 0.3) is 0 Å². The molecule has 5 nitrogen and oxygen atoms in total. The van der Waals surface area contributed by atoms with E-state index in [1.54, 1.807) is 12.0 Å². The Morgan fingerprint density at radius 2 is 2.08 bits per heavy atom. The highest BCUT2D eigenvalue weighted by atomic mass is 16.5. The van der Waals surface area contributed by atoms with Gasteiger partial charge < -0.3 is 14.5 Å². The predicted octanol–water partition coefficient (Wildman–Crippen LogP) is 2.62. The maximum Gasteiger partial charge on any atom is 0.228 e. The largest absolute Gasteiger partial charge is 0.495 e. The van der Waals surface area contributed by atoms with Gasteiger partial charge in [0, 0.05) is 26.1 Å². The Kier molecular flexibility index (Phi) is 4.78. The van der Waals surface area contributed by atoms with Crippen LogP contribution in [0.25, 0.3) is 0 Å². The van der Waals surface area contributed by atoms with E-state index in [-0.39, 0.29) is 17.7 Å². The molecule has 2 heterocycles. The Morgan fingerprint density at radius 1 is 1.29 bits per heavy atom. The summed E-state index contributed by atoms with van der Waals surface area (Å²) in [5.74, 6) is 1.11. The van der Waals surface area contributed by atoms with Gasteiger partial charge >= 0.3 is 0 Å². The van der Waals surface area contributed by atoms with Crippen molar-refractivity contribution in [3.8, 4) is 5.75 Å². The summed E-state index contributed by atoms with van der Waals surface area (Å²) >= 11 is 0. The molecular formula is C19H26N2O3. The van der Waals surface area contributed by atoms with Crippen LogP contribution in [0.3, 0.4) is 0 Å². The van der Waals surface area contributed by atoms with Crippen LogP contribution in [0.4, 0.5) is 5.69 Å². The molecule has 1 aromatic carbocycles. The van der Waals surface area contributed by atoms with Crippen LogP contribution in [0.2, 0.25) is 0 Å². The third kappa shape index (κ3) is 3.25. The molecule has 2 saturated heterocycles. The zero-order valence-electron chi connectivity index (χ0n) is 14.7. The van der Waals surface area contributed by atoms with Gasteiger partial charge in [0.1, 0.15) is 5.75 Å². The molecule has 24 heavy (non-hydrogen) atoms. The molecule has 0 unspecified atom stereocenters. The Labute approximate surface area is 143 Å². The molecule has 0 aromatic heterocycles. The third-order valence-corrected chi connectivity index (χ3v) is 5.07. The zero-order valence-corrected chi connectivity index (χ0v) is 14.7. The molecule has 2 aliphatic rings. The van der Waals surface area contributed by atoms with Crippen molar-refractivity contribution >= 4 is 17.5 Å². The minimum absolute atomic E-state index is 0.00214. The lowest BCUT2D eigenvalue weighted by Crippen LogP contribution is -2.43. The number of nitrogens with zero attached hydrogens (tertiary/aromatic N) is 2. The number of benzene rings is 1. The lowest BCUT2D eigenvalue weighted by Gasteiger charge is -2.32. The fourth-order valence-electron chi connectivity index (χ4n) is 3.76. The number of anilines is 1. The van der Waals surface area contributed by atoms with E-state index in [0.29, 0.717) is 24.6 Å². The summed E-state index contributed by atoms with van der Waals surface area (Å²) < 4.78 is 5.40. The monoisotopic (exact) mass is 330 g/mol. The van der Waals surface area contributed by atoms with Gasteiger partial charge in [-0.05, 0) is 43.4 Å². The number of amides is 2. The van der Waals surface area contributed by atoms with E-state index in [2.05, 4.69) is 6.92 Å². The number of carbonyl (C=O) groups excluding carboxylic acids is 2. The van der Waals surface area contributed by atoms with E-state index in [1.807, 2.05) is 30.0 Å². The first kappa shape index (κ1) is 16.8. The molecule has 2 aliphatic heterocycles. The van der Waals surface area contributed by atoms with Gasteiger partial charge in [-0.15, -0.1) is 0 Å². The standard InChI is InChI=1S/C19H26N2O3/c1-13-6-7-17(24-3)16(9-13)21-12-15(10-18(21)22)19(23)20-8-4-5-14(2)11-20/h6-7,9,14-15H,4-5,8,10-12H2,1-3H3/t14-,15+/m0/s1. The lowest BCUT2D eigenvalue weighted by molar-refractivity contribution is -0.137. The summed E-state index contributed by atoms with van der Waals surface area (Å²) in [6.07, 6.45) is 2.53. The summed E-state index contributed by atoms with van der Waals surface area (Å²) in [5.41, 5.74) is 1.84. The number of ether oxygens (including phenoxy) is 1. The predicted molar refractivity (Wildman–Crippen MR) is 93.2 cm³/mol. The zero-order chi connectivity index (χ0) is 17.3. The topological polar surface area (TPSA) is 49.9 Å². The highest BCUT2D eigenvalue weighted by Gasteiger charge is 2.38. The van der Waals surface area contributed by atoms with Crippen LogP contribution < -0.4 is 9.64 Å². The van der Waals surface area contributed by atoms with Crippen molar-refractivity contribution in [1.29, 1.82) is 0 Å². The van der Waals surface area contributed by atoms with Crippen molar-refractivity contribution in [3.05, 3.63) is 23.8 Å². The summed E-state index contributed by atoms with van der Waals surface area (Å²) in [4.78, 5) is 29.0. The first-order valence-corrected chi connectivity index (χ1v) is 8.73. The van der Waals surface area contributed by atoms with Crippen LogP contribution in [0, 0.1) is 18.8 Å². The molecule has 1 aromatic rings. The van der Waals surface area contributed by atoms with Gasteiger partial charge in [0.05, 0.1) is 18.7 Å². The molecule has 130 valence electrons. The molecule has 0 radical (unpaired) electrons. The smallest absolute Gasteiger partial charge is 0.228 e. The van der Waals surface area contributed by atoms with Crippen molar-refractivity contribution in [2.75, 3.05) is 31.6 Å². The van der Waals surface area contributed by atoms with Crippen LogP contribution in [-0.4, -0.2) is 43.5 Å². The van der Waals surface area contributed by atoms with Gasteiger partial charge in [-0.3, -0.25) is 9.59 Å². The molecule has 0 aliphatic carbocycles. The van der Waals surface area contributed by atoms with Crippen LogP contribution >= 0.6 is 0 Å². The molecular weight excluding hydrogens is 304 g/mol. The molecule has 5 heteroatoms. The molecule has 0 bridgehead atoms. The Balaban J connectivity index is 1.76. The van der Waals surface area contributed by atoms with E-state index in [4.69, 9.17) is 4.74 Å². The highest BCUT2D eigenvalue weighted by Crippen LogP contribution is 2.34. The number of hydrogen-bond acceptors (Lipinski definition) is 3. The Hall–Kier alpha value is -2.04. The van der Waals surface area contributed by atoms with E-state index >= 15 is 0 Å². The van der Waals surface area contributed by atoms with Gasteiger partial charge in [-0.1, -0.05) is 13.0 Å². The molecule has 2 amide bonds. The molecule has 3 rings (SSSR count). The molecule has 2 fully saturated rings. The minimum atomic E-state index is -0.243. The average Bonchev–Trinajstić information content (AvgIpc) is 2.95. The van der Waals surface area contributed by atoms with Crippen LogP contribution in [-0.2, 0) is 9.59 Å². The summed E-state index contributed by atoms with van der Waals surface area (Å²) in [6.45, 7) is 6.26. The quantitative estimate of drug-likeness (QED) is 0.856. The third-order valence-electron chi connectivity index (χ3n) is 5.07. The van der Waals surface area contributed by atoms with Gasteiger partial charge in [0.15, 0.2) is 0 Å². The van der Waals surface area contributed by atoms with Crippen LogP contribution in [0.5, 0.6) is 5.75 Å². The summed E-state index contributed by atoms with van der Waals surface area (Å²) in [7, 11) is 1.60. The Morgan fingerprint density at radius 3 is 2.79 bits per heavy atom. The van der Waals surface area contributed by atoms with E-state index in [9.17, 15) is 9.59 Å². The normalized spacial score (nSPS) is 24.4. The molecule has 0 spiro atoms. The van der Waals surface area contributed by atoms with E-state index in [0.717, 1.165) is 30.8 Å². The lowest BCUT2D eigenvalue weighted by atomic mass is 9.98. The van der Waals surface area contributed by atoms with Gasteiger partial charge in [-0.25, -0.2) is 0 Å². The average molecular weight is 330 g/mol. The number of carbonyl (C=O) groups is 2. The number of aryl methyl sites for hydroxylation is 1. The van der Waals surface area contributed by atoms with Gasteiger partial charge in [0.2, 0.25) is 11.8 Å². The van der Waals surface area contributed by atoms with E-state index < -0.39 is 0 Å². The van der Waals surface area contributed by atoms with Crippen molar-refractivity contribution in [3.63, 3.8) is 0 Å². The summed E-state index contributed by atoms with van der Waals surface area (Å²) in [6, 6.07) is 5.78. The second kappa shape index (κ2) is 6.83. The van der Waals surface area contributed by atoms with Crippen molar-refractivity contribution < 1.29 is 14.3 Å². The fourth-order valence-corrected chi connectivity index (χ4v) is 3.76. The molecule has 0 N–H and O–H groups in total. The first-order valence-electron chi connectivity index (χ1n) is 8.73.